The van der Waals surface area contributed by atoms with Gasteiger partial charge in [-0.2, -0.15) is 0 Å². The molecular weight excluding hydrogens is 254 g/mol. The maximum absolute atomic E-state index is 13.4. The molecule has 0 aromatic heterocycles. The molecule has 2 amide bonds. The average molecular weight is 261 g/mol. The molecule has 0 fully saturated rings. The predicted octanol–water partition coefficient (Wildman–Crippen LogP) is 2.25. The van der Waals surface area contributed by atoms with E-state index in [9.17, 15) is 27.2 Å². The third kappa shape index (κ3) is 1.43. The number of carbonyl (C=O) groups excluding carboxylic acids is 2. The smallest absolute Gasteiger partial charge is 0.264 e. The van der Waals surface area contributed by atoms with E-state index in [0.717, 1.165) is 0 Å². The lowest BCUT2D eigenvalue weighted by Gasteiger charge is -2.11. The van der Waals surface area contributed by atoms with Crippen LogP contribution in [0.1, 0.15) is 34.1 Å². The van der Waals surface area contributed by atoms with E-state index in [0.29, 0.717) is 11.3 Å². The van der Waals surface area contributed by atoms with Crippen LogP contribution in [0.3, 0.4) is 0 Å². The second kappa shape index (κ2) is 4.08. The number of nitrogens with zero attached hydrogens (tertiary/aromatic N) is 1. The van der Waals surface area contributed by atoms with Gasteiger partial charge in [0, 0.05) is 6.54 Å². The van der Waals surface area contributed by atoms with Crippen LogP contribution >= 0.6 is 0 Å². The van der Waals surface area contributed by atoms with Crippen molar-refractivity contribution in [1.82, 2.24) is 4.90 Å². The van der Waals surface area contributed by atoms with Gasteiger partial charge in [0.25, 0.3) is 11.8 Å². The molecule has 0 spiro atoms. The molecule has 0 atom stereocenters. The second-order valence-electron chi connectivity index (χ2n) is 3.77. The highest BCUT2D eigenvalue weighted by molar-refractivity contribution is 6.21. The van der Waals surface area contributed by atoms with Gasteiger partial charge in [-0.25, -0.2) is 17.6 Å². The number of amides is 2. The first kappa shape index (κ1) is 12.5. The highest BCUT2D eigenvalue weighted by Gasteiger charge is 2.43. The molecule has 0 unspecified atom stereocenters. The highest BCUT2D eigenvalue weighted by Crippen LogP contribution is 2.31. The molecule has 18 heavy (non-hydrogen) atoms. The number of rotatable bonds is 2. The normalized spacial score (nSPS) is 14.4. The van der Waals surface area contributed by atoms with E-state index in [1.165, 1.54) is 0 Å². The summed E-state index contributed by atoms with van der Waals surface area (Å²) >= 11 is 0. The topological polar surface area (TPSA) is 37.4 Å². The number of imide groups is 1. The van der Waals surface area contributed by atoms with Crippen molar-refractivity contribution in [1.29, 1.82) is 0 Å². The number of benzene rings is 1. The van der Waals surface area contributed by atoms with Gasteiger partial charge in [-0.05, 0) is 6.42 Å². The summed E-state index contributed by atoms with van der Waals surface area (Å²) in [7, 11) is 0. The van der Waals surface area contributed by atoms with Crippen molar-refractivity contribution in [2.75, 3.05) is 6.54 Å². The summed E-state index contributed by atoms with van der Waals surface area (Å²) < 4.78 is 52.8. The molecule has 7 heteroatoms. The monoisotopic (exact) mass is 261 g/mol. The molecule has 0 aliphatic carbocycles. The van der Waals surface area contributed by atoms with Crippen LogP contribution in [-0.2, 0) is 0 Å². The van der Waals surface area contributed by atoms with Gasteiger partial charge in [-0.3, -0.25) is 14.5 Å². The molecule has 0 saturated carbocycles. The Morgan fingerprint density at radius 2 is 1.22 bits per heavy atom. The van der Waals surface area contributed by atoms with Crippen LogP contribution in [0.2, 0.25) is 0 Å². The van der Waals surface area contributed by atoms with Crippen molar-refractivity contribution in [2.45, 2.75) is 13.3 Å². The maximum Gasteiger partial charge on any atom is 0.264 e. The Morgan fingerprint density at radius 3 is 1.56 bits per heavy atom. The van der Waals surface area contributed by atoms with E-state index < -0.39 is 46.2 Å². The van der Waals surface area contributed by atoms with Gasteiger partial charge >= 0.3 is 0 Å². The van der Waals surface area contributed by atoms with Crippen molar-refractivity contribution < 1.29 is 27.2 Å². The zero-order chi connectivity index (χ0) is 13.6. The Kier molecular flexibility index (Phi) is 2.84. The van der Waals surface area contributed by atoms with Crippen LogP contribution in [0, 0.1) is 23.3 Å². The Hall–Kier alpha value is -1.92. The summed E-state index contributed by atoms with van der Waals surface area (Å²) in [6.07, 6.45) is 0.361. The first-order valence-electron chi connectivity index (χ1n) is 5.13. The number of fused-ring (bicyclic) bond motifs is 1. The third-order valence-corrected chi connectivity index (χ3v) is 2.63. The van der Waals surface area contributed by atoms with E-state index in [-0.39, 0.29) is 6.54 Å². The van der Waals surface area contributed by atoms with Crippen LogP contribution in [0.4, 0.5) is 17.6 Å². The maximum atomic E-state index is 13.4. The highest BCUT2D eigenvalue weighted by atomic mass is 19.2. The lowest BCUT2D eigenvalue weighted by molar-refractivity contribution is 0.0651. The number of hydrogen-bond acceptors (Lipinski definition) is 2. The van der Waals surface area contributed by atoms with Crippen molar-refractivity contribution in [2.24, 2.45) is 0 Å². The molecule has 1 aliphatic heterocycles. The average Bonchev–Trinajstić information content (AvgIpc) is 2.59. The molecule has 96 valence electrons. The molecule has 1 aromatic carbocycles. The van der Waals surface area contributed by atoms with Crippen LogP contribution in [0.15, 0.2) is 0 Å². The summed E-state index contributed by atoms with van der Waals surface area (Å²) in [6, 6.07) is 0. The third-order valence-electron chi connectivity index (χ3n) is 2.63. The van der Waals surface area contributed by atoms with E-state index in [4.69, 9.17) is 0 Å². The summed E-state index contributed by atoms with van der Waals surface area (Å²) in [6.45, 7) is 1.56. The lowest BCUT2D eigenvalue weighted by atomic mass is 10.1. The summed E-state index contributed by atoms with van der Waals surface area (Å²) in [5.41, 5.74) is -2.07. The van der Waals surface area contributed by atoms with Gasteiger partial charge in [0.2, 0.25) is 0 Å². The van der Waals surface area contributed by atoms with Gasteiger partial charge in [0.1, 0.15) is 0 Å². The molecule has 2 rings (SSSR count). The largest absolute Gasteiger partial charge is 0.274 e. The van der Waals surface area contributed by atoms with E-state index in [1.54, 1.807) is 6.92 Å². The second-order valence-corrected chi connectivity index (χ2v) is 3.77. The van der Waals surface area contributed by atoms with E-state index >= 15 is 0 Å². The Morgan fingerprint density at radius 1 is 0.833 bits per heavy atom. The summed E-state index contributed by atoms with van der Waals surface area (Å²) in [5, 5.41) is 0. The fourth-order valence-electron chi connectivity index (χ4n) is 1.82. The molecule has 1 aromatic rings. The number of halogens is 4. The van der Waals surface area contributed by atoms with Crippen LogP contribution in [0.25, 0.3) is 0 Å². The minimum absolute atomic E-state index is 0.0749. The standard InChI is InChI=1S/C11H7F4NO2/c1-2-3-16-10(17)4-5(11(16)18)7(13)9(15)8(14)6(4)12/h2-3H2,1H3. The molecule has 0 bridgehead atoms. The van der Waals surface area contributed by atoms with Crippen LogP contribution in [-0.4, -0.2) is 23.3 Å². The molecular formula is C11H7F4NO2. The quantitative estimate of drug-likeness (QED) is 0.354. The first-order valence-corrected chi connectivity index (χ1v) is 5.13. The molecule has 3 nitrogen and oxygen atoms in total. The minimum atomic E-state index is -2.09. The zero-order valence-electron chi connectivity index (χ0n) is 9.19. The van der Waals surface area contributed by atoms with Gasteiger partial charge in [-0.15, -0.1) is 0 Å². The Balaban J connectivity index is 2.72. The van der Waals surface area contributed by atoms with Crippen LogP contribution < -0.4 is 0 Å². The van der Waals surface area contributed by atoms with Gasteiger partial charge in [0.15, 0.2) is 23.3 Å². The molecule has 1 heterocycles. The predicted molar refractivity (Wildman–Crippen MR) is 51.9 cm³/mol. The molecule has 0 N–H and O–H groups in total. The number of hydrogen-bond donors (Lipinski definition) is 0. The fourth-order valence-corrected chi connectivity index (χ4v) is 1.82. The molecule has 1 aliphatic rings. The first-order chi connectivity index (χ1) is 8.41. The Bertz CT molecular complexity index is 524. The van der Waals surface area contributed by atoms with Gasteiger partial charge in [-0.1, -0.05) is 6.92 Å². The summed E-state index contributed by atoms with van der Waals surface area (Å²) in [5.74, 6) is -10.1. The van der Waals surface area contributed by atoms with Crippen molar-refractivity contribution in [3.05, 3.63) is 34.4 Å². The van der Waals surface area contributed by atoms with Gasteiger partial charge in [0.05, 0.1) is 11.1 Å². The van der Waals surface area contributed by atoms with Crippen LogP contribution in [0.5, 0.6) is 0 Å². The number of carbonyl (C=O) groups is 2. The summed E-state index contributed by atoms with van der Waals surface area (Å²) in [4.78, 5) is 23.9. The van der Waals surface area contributed by atoms with E-state index in [2.05, 4.69) is 0 Å². The molecule has 0 saturated heterocycles. The lowest BCUT2D eigenvalue weighted by Crippen LogP contribution is -2.30. The SMILES string of the molecule is CCCN1C(=O)c2c(F)c(F)c(F)c(F)c2C1=O. The van der Waals surface area contributed by atoms with Gasteiger partial charge < -0.3 is 0 Å². The van der Waals surface area contributed by atoms with Crippen molar-refractivity contribution in [3.63, 3.8) is 0 Å². The zero-order valence-corrected chi connectivity index (χ0v) is 9.19. The van der Waals surface area contributed by atoms with E-state index in [1.807, 2.05) is 0 Å². The molecule has 0 radical (unpaired) electrons. The minimum Gasteiger partial charge on any atom is -0.274 e. The van der Waals surface area contributed by atoms with Crippen molar-refractivity contribution in [3.8, 4) is 0 Å². The Labute approximate surface area is 99.0 Å². The van der Waals surface area contributed by atoms with Crippen molar-refractivity contribution >= 4 is 11.8 Å². The fraction of sp³-hybridized carbons (Fsp3) is 0.273.